The van der Waals surface area contributed by atoms with Crippen molar-refractivity contribution in [3.05, 3.63) is 22.4 Å². The summed E-state index contributed by atoms with van der Waals surface area (Å²) in [5, 5.41) is 0. The second-order valence-corrected chi connectivity index (χ2v) is 5.12. The van der Waals surface area contributed by atoms with Crippen molar-refractivity contribution in [2.75, 3.05) is 12.3 Å². The first kappa shape index (κ1) is 11.7. The van der Waals surface area contributed by atoms with E-state index in [1.807, 2.05) is 0 Å². The summed E-state index contributed by atoms with van der Waals surface area (Å²) < 4.78 is 19.2. The molecule has 0 heterocycles. The van der Waals surface area contributed by atoms with Crippen LogP contribution in [0.15, 0.2) is 16.6 Å². The van der Waals surface area contributed by atoms with Crippen molar-refractivity contribution in [2.24, 2.45) is 5.92 Å². The predicted octanol–water partition coefficient (Wildman–Crippen LogP) is 3.74. The molecule has 4 heteroatoms. The van der Waals surface area contributed by atoms with Crippen LogP contribution in [0.25, 0.3) is 0 Å². The van der Waals surface area contributed by atoms with Gasteiger partial charge in [0, 0.05) is 6.07 Å². The van der Waals surface area contributed by atoms with Gasteiger partial charge in [0.2, 0.25) is 0 Å². The zero-order valence-corrected chi connectivity index (χ0v) is 10.6. The Labute approximate surface area is 103 Å². The van der Waals surface area contributed by atoms with Gasteiger partial charge in [0.25, 0.3) is 0 Å². The quantitative estimate of drug-likeness (QED) is 0.860. The normalized spacial score (nSPS) is 16.6. The van der Waals surface area contributed by atoms with Gasteiger partial charge in [-0.15, -0.1) is 0 Å². The van der Waals surface area contributed by atoms with Gasteiger partial charge in [-0.2, -0.15) is 0 Å². The van der Waals surface area contributed by atoms with E-state index in [2.05, 4.69) is 15.9 Å². The minimum absolute atomic E-state index is 0.337. The van der Waals surface area contributed by atoms with Crippen molar-refractivity contribution >= 4 is 21.6 Å². The average Bonchev–Trinajstić information content (AvgIpc) is 2.74. The Morgan fingerprint density at radius 2 is 2.06 bits per heavy atom. The van der Waals surface area contributed by atoms with Crippen LogP contribution in [0.5, 0.6) is 5.75 Å². The zero-order valence-electron chi connectivity index (χ0n) is 9.01. The first-order chi connectivity index (χ1) is 7.66. The lowest BCUT2D eigenvalue weighted by molar-refractivity contribution is 0.252. The lowest BCUT2D eigenvalue weighted by atomic mass is 10.1. The zero-order chi connectivity index (χ0) is 11.5. The number of rotatable bonds is 3. The summed E-state index contributed by atoms with van der Waals surface area (Å²) in [6.45, 7) is 0.644. The molecule has 0 spiro atoms. The molecule has 2 nitrogen and oxygen atoms in total. The molecule has 1 aliphatic rings. The van der Waals surface area contributed by atoms with Crippen LogP contribution in [0.3, 0.4) is 0 Å². The first-order valence-electron chi connectivity index (χ1n) is 5.54. The van der Waals surface area contributed by atoms with E-state index in [9.17, 15) is 4.39 Å². The van der Waals surface area contributed by atoms with Gasteiger partial charge in [-0.05, 0) is 40.8 Å². The molecule has 1 aliphatic carbocycles. The molecule has 16 heavy (non-hydrogen) atoms. The molecule has 0 unspecified atom stereocenters. The fourth-order valence-electron chi connectivity index (χ4n) is 2.05. The lowest BCUT2D eigenvalue weighted by Gasteiger charge is -2.13. The van der Waals surface area contributed by atoms with Crippen LogP contribution in [-0.2, 0) is 0 Å². The molecule has 0 saturated heterocycles. The number of anilines is 1. The van der Waals surface area contributed by atoms with E-state index in [-0.39, 0.29) is 5.82 Å². The van der Waals surface area contributed by atoms with Crippen LogP contribution in [0.1, 0.15) is 25.7 Å². The SMILES string of the molecule is Nc1cc(Br)c(F)cc1OCC1CCCC1. The summed E-state index contributed by atoms with van der Waals surface area (Å²) in [6, 6.07) is 2.88. The summed E-state index contributed by atoms with van der Waals surface area (Å²) in [4.78, 5) is 0. The molecular formula is C12H15BrFNO. The van der Waals surface area contributed by atoms with Crippen LogP contribution < -0.4 is 10.5 Å². The van der Waals surface area contributed by atoms with Gasteiger partial charge in [0.15, 0.2) is 0 Å². The maximum atomic E-state index is 13.3. The molecule has 2 N–H and O–H groups in total. The fourth-order valence-corrected chi connectivity index (χ4v) is 2.41. The van der Waals surface area contributed by atoms with Gasteiger partial charge >= 0.3 is 0 Å². The second-order valence-electron chi connectivity index (χ2n) is 4.27. The Morgan fingerprint density at radius 1 is 1.38 bits per heavy atom. The van der Waals surface area contributed by atoms with Crippen molar-refractivity contribution in [3.8, 4) is 5.75 Å². The van der Waals surface area contributed by atoms with Crippen molar-refractivity contribution < 1.29 is 9.13 Å². The van der Waals surface area contributed by atoms with Crippen LogP contribution in [0.4, 0.5) is 10.1 Å². The Balaban J connectivity index is 2.00. The van der Waals surface area contributed by atoms with Gasteiger partial charge in [-0.25, -0.2) is 4.39 Å². The van der Waals surface area contributed by atoms with Crippen molar-refractivity contribution in [2.45, 2.75) is 25.7 Å². The van der Waals surface area contributed by atoms with Crippen molar-refractivity contribution in [1.29, 1.82) is 0 Å². The monoisotopic (exact) mass is 287 g/mol. The minimum atomic E-state index is -0.337. The molecule has 0 aromatic heterocycles. The number of hydrogen-bond acceptors (Lipinski definition) is 2. The summed E-state index contributed by atoms with van der Waals surface area (Å²) in [6.07, 6.45) is 4.97. The molecular weight excluding hydrogens is 273 g/mol. The van der Waals surface area contributed by atoms with Gasteiger partial charge in [-0.1, -0.05) is 12.8 Å². The van der Waals surface area contributed by atoms with Gasteiger partial charge < -0.3 is 10.5 Å². The Morgan fingerprint density at radius 3 is 2.75 bits per heavy atom. The summed E-state index contributed by atoms with van der Waals surface area (Å²) in [5.74, 6) is 0.717. The van der Waals surface area contributed by atoms with Crippen LogP contribution in [0, 0.1) is 11.7 Å². The van der Waals surface area contributed by atoms with Crippen LogP contribution in [0.2, 0.25) is 0 Å². The third-order valence-electron chi connectivity index (χ3n) is 3.00. The molecule has 1 aromatic rings. The van der Waals surface area contributed by atoms with Crippen molar-refractivity contribution in [3.63, 3.8) is 0 Å². The third kappa shape index (κ3) is 2.67. The first-order valence-corrected chi connectivity index (χ1v) is 6.33. The number of nitrogens with two attached hydrogens (primary N) is 1. The third-order valence-corrected chi connectivity index (χ3v) is 3.61. The van der Waals surface area contributed by atoms with E-state index in [0.717, 1.165) is 0 Å². The number of ether oxygens (including phenoxy) is 1. The van der Waals surface area contributed by atoms with Gasteiger partial charge in [-0.3, -0.25) is 0 Å². The van der Waals surface area contributed by atoms with E-state index in [1.54, 1.807) is 6.07 Å². The molecule has 1 saturated carbocycles. The van der Waals surface area contributed by atoms with E-state index in [1.165, 1.54) is 31.7 Å². The van der Waals surface area contributed by atoms with E-state index >= 15 is 0 Å². The van der Waals surface area contributed by atoms with Crippen molar-refractivity contribution in [1.82, 2.24) is 0 Å². The summed E-state index contributed by atoms with van der Waals surface area (Å²) in [7, 11) is 0. The van der Waals surface area contributed by atoms with Crippen LogP contribution >= 0.6 is 15.9 Å². The highest BCUT2D eigenvalue weighted by atomic mass is 79.9. The Hall–Kier alpha value is -0.770. The molecule has 0 bridgehead atoms. The topological polar surface area (TPSA) is 35.2 Å². The molecule has 1 fully saturated rings. The number of nitrogen functional groups attached to an aromatic ring is 1. The largest absolute Gasteiger partial charge is 0.491 e. The Kier molecular flexibility index (Phi) is 3.69. The highest BCUT2D eigenvalue weighted by molar-refractivity contribution is 9.10. The number of benzene rings is 1. The smallest absolute Gasteiger partial charge is 0.145 e. The van der Waals surface area contributed by atoms with Gasteiger partial charge in [0.1, 0.15) is 11.6 Å². The standard InChI is InChI=1S/C12H15BrFNO/c13-9-5-11(15)12(6-10(9)14)16-7-8-3-1-2-4-8/h5-6,8H,1-4,7,15H2. The minimum Gasteiger partial charge on any atom is -0.491 e. The number of halogens is 2. The van der Waals surface area contributed by atoms with Crippen LogP contribution in [-0.4, -0.2) is 6.61 Å². The average molecular weight is 288 g/mol. The molecule has 0 radical (unpaired) electrons. The van der Waals surface area contributed by atoms with E-state index < -0.39 is 0 Å². The number of hydrogen-bond donors (Lipinski definition) is 1. The van der Waals surface area contributed by atoms with Gasteiger partial charge in [0.05, 0.1) is 16.8 Å². The van der Waals surface area contributed by atoms with E-state index in [4.69, 9.17) is 10.5 Å². The lowest BCUT2D eigenvalue weighted by Crippen LogP contribution is -2.09. The second kappa shape index (κ2) is 5.04. The summed E-state index contributed by atoms with van der Waals surface area (Å²) >= 11 is 3.09. The predicted molar refractivity (Wildman–Crippen MR) is 66.0 cm³/mol. The maximum Gasteiger partial charge on any atom is 0.145 e. The molecule has 0 aliphatic heterocycles. The molecule has 1 aromatic carbocycles. The highest BCUT2D eigenvalue weighted by Gasteiger charge is 2.16. The van der Waals surface area contributed by atoms with E-state index in [0.29, 0.717) is 28.4 Å². The highest BCUT2D eigenvalue weighted by Crippen LogP contribution is 2.30. The maximum absolute atomic E-state index is 13.3. The Bertz CT molecular complexity index is 378. The molecule has 2 rings (SSSR count). The molecule has 88 valence electrons. The molecule has 0 amide bonds. The fraction of sp³-hybridized carbons (Fsp3) is 0.500. The summed E-state index contributed by atoms with van der Waals surface area (Å²) in [5.41, 5.74) is 6.23. The molecule has 0 atom stereocenters.